The summed E-state index contributed by atoms with van der Waals surface area (Å²) >= 11 is 0. The topological polar surface area (TPSA) is 59.4 Å². The van der Waals surface area contributed by atoms with Crippen molar-refractivity contribution in [2.24, 2.45) is 0 Å². The lowest BCUT2D eigenvalue weighted by Crippen LogP contribution is -2.43. The van der Waals surface area contributed by atoms with Gasteiger partial charge in [0.2, 0.25) is 5.91 Å². The molecule has 0 aromatic heterocycles. The summed E-state index contributed by atoms with van der Waals surface area (Å²) in [4.78, 5) is 15.5. The Morgan fingerprint density at radius 2 is 1.93 bits per heavy atom. The van der Waals surface area contributed by atoms with E-state index in [4.69, 9.17) is 5.26 Å². The van der Waals surface area contributed by atoms with E-state index in [1.165, 1.54) is 0 Å². The van der Waals surface area contributed by atoms with Crippen molar-refractivity contribution in [2.75, 3.05) is 31.5 Å². The number of hydrogen-bond donors (Lipinski definition) is 1. The number of benzene rings is 2. The number of hydrogen-bond acceptors (Lipinski definition) is 4. The van der Waals surface area contributed by atoms with Crippen LogP contribution in [0.1, 0.15) is 12.8 Å². The lowest BCUT2D eigenvalue weighted by Gasteiger charge is -2.23. The molecule has 0 bridgehead atoms. The van der Waals surface area contributed by atoms with E-state index in [0.29, 0.717) is 13.1 Å². The third kappa shape index (κ3) is 4.60. The fraction of sp³-hybridized carbons (Fsp3) is 0.391. The van der Waals surface area contributed by atoms with Gasteiger partial charge in [-0.2, -0.15) is 5.26 Å². The molecule has 2 aromatic carbocycles. The van der Waals surface area contributed by atoms with Crippen LogP contribution in [-0.4, -0.2) is 59.9 Å². The molecule has 2 unspecified atom stereocenters. The zero-order valence-electron chi connectivity index (χ0n) is 16.6. The number of halogens is 2. The van der Waals surface area contributed by atoms with Crippen LogP contribution >= 0.6 is 0 Å². The smallest absolute Gasteiger partial charge is 0.268 e. The van der Waals surface area contributed by atoms with Crippen LogP contribution in [0.4, 0.5) is 14.5 Å². The standard InChI is InChI=1S/C23H24F2N4O/c24-23(25)12-21(13-26)29(16-23)22(30)15-28-10-9-20(14-28)27-19-8-4-7-18(11-19)17-5-2-1-3-6-17/h1-8,11,20-21,27H,9-10,12,14-16H2. The van der Waals surface area contributed by atoms with Crippen LogP contribution in [0, 0.1) is 11.3 Å². The van der Waals surface area contributed by atoms with E-state index in [1.807, 2.05) is 41.3 Å². The number of nitrogens with zero attached hydrogens (tertiary/aromatic N) is 3. The van der Waals surface area contributed by atoms with E-state index >= 15 is 0 Å². The first kappa shape index (κ1) is 20.3. The average molecular weight is 410 g/mol. The average Bonchev–Trinajstić information content (AvgIpc) is 3.31. The molecule has 30 heavy (non-hydrogen) atoms. The maximum Gasteiger partial charge on any atom is 0.268 e. The number of amides is 1. The minimum atomic E-state index is -2.98. The number of anilines is 1. The molecule has 2 aromatic rings. The fourth-order valence-corrected chi connectivity index (χ4v) is 4.23. The second-order valence-corrected chi connectivity index (χ2v) is 8.04. The Morgan fingerprint density at radius 3 is 2.70 bits per heavy atom. The van der Waals surface area contributed by atoms with E-state index < -0.39 is 30.8 Å². The number of nitrogens with one attached hydrogen (secondary N) is 1. The molecule has 2 aliphatic heterocycles. The predicted molar refractivity (Wildman–Crippen MR) is 111 cm³/mol. The molecular weight excluding hydrogens is 386 g/mol. The zero-order chi connectivity index (χ0) is 21.1. The SMILES string of the molecule is N#CC1CC(F)(F)CN1C(=O)CN1CCC(Nc2cccc(-c3ccccc3)c2)C1. The van der Waals surface area contributed by atoms with Crippen LogP contribution in [0.3, 0.4) is 0 Å². The molecule has 0 aliphatic carbocycles. The van der Waals surface area contributed by atoms with Crippen molar-refractivity contribution in [3.63, 3.8) is 0 Å². The van der Waals surface area contributed by atoms with Crippen molar-refractivity contribution in [2.45, 2.75) is 30.8 Å². The quantitative estimate of drug-likeness (QED) is 0.818. The molecule has 0 saturated carbocycles. The van der Waals surface area contributed by atoms with E-state index in [-0.39, 0.29) is 12.6 Å². The van der Waals surface area contributed by atoms with Crippen molar-refractivity contribution in [1.29, 1.82) is 5.26 Å². The molecule has 156 valence electrons. The first-order valence-electron chi connectivity index (χ1n) is 10.1. The molecule has 1 N–H and O–H groups in total. The van der Waals surface area contributed by atoms with Gasteiger partial charge in [-0.1, -0.05) is 42.5 Å². The van der Waals surface area contributed by atoms with Crippen LogP contribution in [0.25, 0.3) is 11.1 Å². The highest BCUT2D eigenvalue weighted by molar-refractivity contribution is 5.79. The summed E-state index contributed by atoms with van der Waals surface area (Å²) in [6.07, 6.45) is 0.290. The van der Waals surface area contributed by atoms with E-state index in [0.717, 1.165) is 28.1 Å². The van der Waals surface area contributed by atoms with Crippen LogP contribution in [0.15, 0.2) is 54.6 Å². The van der Waals surface area contributed by atoms with Gasteiger partial charge in [0.15, 0.2) is 0 Å². The monoisotopic (exact) mass is 410 g/mol. The number of nitriles is 1. The second kappa shape index (κ2) is 8.41. The lowest BCUT2D eigenvalue weighted by atomic mass is 10.1. The normalized spacial score (nSPS) is 23.3. The summed E-state index contributed by atoms with van der Waals surface area (Å²) in [5, 5.41) is 12.6. The molecular formula is C23H24F2N4O. The highest BCUT2D eigenvalue weighted by Crippen LogP contribution is 2.32. The zero-order valence-corrected chi connectivity index (χ0v) is 16.6. The van der Waals surface area contributed by atoms with Gasteiger partial charge in [0.25, 0.3) is 5.92 Å². The molecule has 2 saturated heterocycles. The summed E-state index contributed by atoms with van der Waals surface area (Å²) in [6, 6.07) is 19.3. The van der Waals surface area contributed by atoms with E-state index in [9.17, 15) is 13.6 Å². The Bertz CT molecular complexity index is 944. The van der Waals surface area contributed by atoms with Gasteiger partial charge in [0, 0.05) is 31.2 Å². The van der Waals surface area contributed by atoms with Crippen molar-refractivity contribution < 1.29 is 13.6 Å². The Balaban J connectivity index is 1.33. The predicted octanol–water partition coefficient (Wildman–Crippen LogP) is 3.60. The van der Waals surface area contributed by atoms with Crippen LogP contribution in [0.5, 0.6) is 0 Å². The van der Waals surface area contributed by atoms with Crippen LogP contribution in [-0.2, 0) is 4.79 Å². The third-order valence-corrected chi connectivity index (χ3v) is 5.71. The lowest BCUT2D eigenvalue weighted by molar-refractivity contribution is -0.133. The molecule has 2 aliphatic rings. The highest BCUT2D eigenvalue weighted by Gasteiger charge is 2.47. The summed E-state index contributed by atoms with van der Waals surface area (Å²) in [7, 11) is 0. The van der Waals surface area contributed by atoms with Gasteiger partial charge >= 0.3 is 0 Å². The molecule has 7 heteroatoms. The van der Waals surface area contributed by atoms with Crippen LogP contribution in [0.2, 0.25) is 0 Å². The molecule has 5 nitrogen and oxygen atoms in total. The van der Waals surface area contributed by atoms with Gasteiger partial charge in [-0.3, -0.25) is 9.69 Å². The van der Waals surface area contributed by atoms with Gasteiger partial charge in [-0.05, 0) is 29.7 Å². The summed E-state index contributed by atoms with van der Waals surface area (Å²) in [6.45, 7) is 0.772. The maximum absolute atomic E-state index is 13.6. The number of alkyl halides is 2. The molecule has 4 rings (SSSR count). The van der Waals surface area contributed by atoms with Gasteiger partial charge in [-0.15, -0.1) is 0 Å². The summed E-state index contributed by atoms with van der Waals surface area (Å²) in [5.41, 5.74) is 3.29. The largest absolute Gasteiger partial charge is 0.381 e. The molecule has 0 radical (unpaired) electrons. The van der Waals surface area contributed by atoms with Crippen molar-refractivity contribution in [1.82, 2.24) is 9.80 Å². The number of carbonyl (C=O) groups is 1. The summed E-state index contributed by atoms with van der Waals surface area (Å²) in [5.74, 6) is -3.37. The van der Waals surface area contributed by atoms with Gasteiger partial charge < -0.3 is 10.2 Å². The fourth-order valence-electron chi connectivity index (χ4n) is 4.23. The first-order chi connectivity index (χ1) is 14.4. The van der Waals surface area contributed by atoms with Crippen molar-refractivity contribution in [3.8, 4) is 17.2 Å². The van der Waals surface area contributed by atoms with Gasteiger partial charge in [0.05, 0.1) is 19.2 Å². The molecule has 2 fully saturated rings. The van der Waals surface area contributed by atoms with E-state index in [2.05, 4.69) is 29.6 Å². The molecule has 2 heterocycles. The Kier molecular flexibility index (Phi) is 5.69. The third-order valence-electron chi connectivity index (χ3n) is 5.71. The number of rotatable bonds is 5. The van der Waals surface area contributed by atoms with Crippen LogP contribution < -0.4 is 5.32 Å². The Hall–Kier alpha value is -2.98. The summed E-state index contributed by atoms with van der Waals surface area (Å²) < 4.78 is 27.2. The minimum absolute atomic E-state index is 0.0660. The Morgan fingerprint density at radius 1 is 1.17 bits per heavy atom. The molecule has 2 atom stereocenters. The van der Waals surface area contributed by atoms with E-state index in [1.54, 1.807) is 0 Å². The number of likely N-dealkylation sites (tertiary alicyclic amines) is 2. The number of carbonyl (C=O) groups excluding carboxylic acids is 1. The Labute approximate surface area is 174 Å². The molecule has 1 amide bonds. The van der Waals surface area contributed by atoms with Crippen molar-refractivity contribution >= 4 is 11.6 Å². The first-order valence-corrected chi connectivity index (χ1v) is 10.1. The van der Waals surface area contributed by atoms with Crippen molar-refractivity contribution in [3.05, 3.63) is 54.6 Å². The van der Waals surface area contributed by atoms with Gasteiger partial charge in [-0.25, -0.2) is 8.78 Å². The highest BCUT2D eigenvalue weighted by atomic mass is 19.3. The minimum Gasteiger partial charge on any atom is -0.381 e. The van der Waals surface area contributed by atoms with Gasteiger partial charge in [0.1, 0.15) is 6.04 Å². The maximum atomic E-state index is 13.6. The second-order valence-electron chi connectivity index (χ2n) is 8.04. The molecule has 0 spiro atoms.